The highest BCUT2D eigenvalue weighted by molar-refractivity contribution is 5.74. The molecule has 142 valence electrons. The van der Waals surface area contributed by atoms with Crippen LogP contribution in [0.3, 0.4) is 0 Å². The van der Waals surface area contributed by atoms with Crippen molar-refractivity contribution >= 4 is 16.7 Å². The minimum atomic E-state index is -0.493. The van der Waals surface area contributed by atoms with Gasteiger partial charge in [-0.15, -0.1) is 0 Å². The van der Waals surface area contributed by atoms with Crippen molar-refractivity contribution in [3.63, 3.8) is 0 Å². The molecule has 1 aromatic heterocycles. The average molecular weight is 361 g/mol. The molecule has 26 heavy (non-hydrogen) atoms. The van der Waals surface area contributed by atoms with E-state index in [1.165, 1.54) is 12.1 Å². The monoisotopic (exact) mass is 361 g/mol. The van der Waals surface area contributed by atoms with Gasteiger partial charge in [0.2, 0.25) is 11.2 Å². The van der Waals surface area contributed by atoms with Crippen LogP contribution in [0.25, 0.3) is 11.0 Å². The van der Waals surface area contributed by atoms with Gasteiger partial charge >= 0.3 is 0 Å². The van der Waals surface area contributed by atoms with E-state index < -0.39 is 4.92 Å². The maximum absolute atomic E-state index is 13.1. The molecule has 2 aromatic rings. The van der Waals surface area contributed by atoms with E-state index >= 15 is 0 Å². The van der Waals surface area contributed by atoms with E-state index in [0.29, 0.717) is 24.3 Å². The Morgan fingerprint density at radius 1 is 1.04 bits per heavy atom. The Hall–Kier alpha value is -2.32. The van der Waals surface area contributed by atoms with Gasteiger partial charge in [0.15, 0.2) is 0 Å². The number of fused-ring (bicyclic) bond motifs is 1. The molecular weight excluding hydrogens is 334 g/mol. The standard InChI is InChI=1S/C18H27N5O3/c1-5-20(6-2)12-16-18(13-21(7-3)8-4)22(24)17-11-14(23(25)26)9-10-15(17)19-16/h9-11H,5-8,12-13H2,1-4H3. The van der Waals surface area contributed by atoms with E-state index in [4.69, 9.17) is 0 Å². The Labute approximate surface area is 153 Å². The van der Waals surface area contributed by atoms with Gasteiger partial charge in [0.25, 0.3) is 5.69 Å². The van der Waals surface area contributed by atoms with Gasteiger partial charge in [-0.1, -0.05) is 27.7 Å². The van der Waals surface area contributed by atoms with E-state index in [0.717, 1.165) is 36.6 Å². The second-order valence-corrected chi connectivity index (χ2v) is 6.15. The molecule has 0 aliphatic rings. The quantitative estimate of drug-likeness (QED) is 0.295. The first kappa shape index (κ1) is 20.0. The van der Waals surface area contributed by atoms with Gasteiger partial charge in [0, 0.05) is 12.6 Å². The van der Waals surface area contributed by atoms with Crippen molar-refractivity contribution < 1.29 is 9.65 Å². The molecule has 2 rings (SSSR count). The van der Waals surface area contributed by atoms with Crippen LogP contribution in [-0.2, 0) is 13.1 Å². The van der Waals surface area contributed by atoms with Gasteiger partial charge in [0.05, 0.1) is 17.5 Å². The zero-order valence-corrected chi connectivity index (χ0v) is 15.9. The van der Waals surface area contributed by atoms with Crippen molar-refractivity contribution in [3.8, 4) is 0 Å². The summed E-state index contributed by atoms with van der Waals surface area (Å²) in [6.07, 6.45) is 0. The predicted octanol–water partition coefficient (Wildman–Crippen LogP) is 2.46. The second-order valence-electron chi connectivity index (χ2n) is 6.15. The molecule has 1 heterocycles. The van der Waals surface area contributed by atoms with Crippen molar-refractivity contribution in [2.45, 2.75) is 40.8 Å². The van der Waals surface area contributed by atoms with Gasteiger partial charge in [-0.3, -0.25) is 19.9 Å². The van der Waals surface area contributed by atoms with Crippen molar-refractivity contribution in [1.82, 2.24) is 14.8 Å². The Morgan fingerprint density at radius 3 is 2.15 bits per heavy atom. The maximum Gasteiger partial charge on any atom is 0.276 e. The average Bonchev–Trinajstić information content (AvgIpc) is 2.65. The molecule has 0 spiro atoms. The lowest BCUT2D eigenvalue weighted by molar-refractivity contribution is -0.588. The lowest BCUT2D eigenvalue weighted by Crippen LogP contribution is -2.40. The van der Waals surface area contributed by atoms with Gasteiger partial charge in [0.1, 0.15) is 11.2 Å². The third-order valence-electron chi connectivity index (χ3n) is 4.76. The SMILES string of the molecule is CCN(CC)Cc1nc2ccc([N+](=O)[O-])cc2[n+]([O-])c1CN(CC)CC. The van der Waals surface area contributed by atoms with E-state index in [2.05, 4.69) is 28.6 Å². The van der Waals surface area contributed by atoms with Crippen LogP contribution in [0.1, 0.15) is 39.1 Å². The van der Waals surface area contributed by atoms with Crippen LogP contribution in [-0.4, -0.2) is 45.9 Å². The van der Waals surface area contributed by atoms with Crippen LogP contribution in [0, 0.1) is 15.3 Å². The number of hydrogen-bond donors (Lipinski definition) is 0. The molecule has 0 radical (unpaired) electrons. The minimum absolute atomic E-state index is 0.103. The normalized spacial score (nSPS) is 11.6. The summed E-state index contributed by atoms with van der Waals surface area (Å²) in [5, 5.41) is 24.1. The molecule has 0 aliphatic heterocycles. The Kier molecular flexibility index (Phi) is 6.82. The van der Waals surface area contributed by atoms with Crippen molar-refractivity contribution in [2.24, 2.45) is 0 Å². The molecule has 1 aromatic carbocycles. The summed E-state index contributed by atoms with van der Waals surface area (Å²) in [4.78, 5) is 19.6. The Balaban J connectivity index is 2.62. The fraction of sp³-hybridized carbons (Fsp3) is 0.556. The van der Waals surface area contributed by atoms with Crippen LogP contribution in [0.2, 0.25) is 0 Å². The first-order chi connectivity index (χ1) is 12.4. The molecule has 0 bridgehead atoms. The molecule has 8 heteroatoms. The lowest BCUT2D eigenvalue weighted by Gasteiger charge is -2.22. The number of nitro benzene ring substituents is 1. The summed E-state index contributed by atoms with van der Waals surface area (Å²) in [7, 11) is 0. The zero-order valence-electron chi connectivity index (χ0n) is 15.9. The summed E-state index contributed by atoms with van der Waals surface area (Å²) in [6, 6.07) is 4.25. The molecule has 0 aliphatic carbocycles. The molecule has 0 unspecified atom stereocenters. The predicted molar refractivity (Wildman–Crippen MR) is 101 cm³/mol. The summed E-state index contributed by atoms with van der Waals surface area (Å²) in [5.41, 5.74) is 1.92. The maximum atomic E-state index is 13.1. The van der Waals surface area contributed by atoms with Gasteiger partial charge < -0.3 is 5.21 Å². The molecule has 0 saturated carbocycles. The number of benzene rings is 1. The van der Waals surface area contributed by atoms with Crippen LogP contribution in [0.5, 0.6) is 0 Å². The third-order valence-corrected chi connectivity index (χ3v) is 4.76. The van der Waals surface area contributed by atoms with Gasteiger partial charge in [-0.05, 0) is 32.2 Å². The molecule has 0 fully saturated rings. The summed E-state index contributed by atoms with van der Waals surface area (Å²) in [5.74, 6) is 0. The number of rotatable bonds is 9. The van der Waals surface area contributed by atoms with E-state index in [1.807, 2.05) is 13.8 Å². The van der Waals surface area contributed by atoms with Crippen molar-refractivity contribution in [2.75, 3.05) is 26.2 Å². The van der Waals surface area contributed by atoms with Crippen LogP contribution >= 0.6 is 0 Å². The van der Waals surface area contributed by atoms with Gasteiger partial charge in [-0.25, -0.2) is 4.98 Å². The van der Waals surface area contributed by atoms with Crippen LogP contribution < -0.4 is 4.73 Å². The lowest BCUT2D eigenvalue weighted by atomic mass is 10.2. The fourth-order valence-corrected chi connectivity index (χ4v) is 2.96. The van der Waals surface area contributed by atoms with E-state index in [-0.39, 0.29) is 11.2 Å². The zero-order chi connectivity index (χ0) is 19.3. The van der Waals surface area contributed by atoms with Gasteiger partial charge in [-0.2, -0.15) is 4.73 Å². The molecule has 0 N–H and O–H groups in total. The number of nitrogens with zero attached hydrogens (tertiary/aromatic N) is 5. The van der Waals surface area contributed by atoms with Crippen molar-refractivity contribution in [3.05, 3.63) is 44.9 Å². The molecule has 0 saturated heterocycles. The van der Waals surface area contributed by atoms with E-state index in [9.17, 15) is 15.3 Å². The van der Waals surface area contributed by atoms with E-state index in [1.54, 1.807) is 6.07 Å². The molecule has 0 atom stereocenters. The second kappa shape index (κ2) is 8.86. The third kappa shape index (κ3) is 4.25. The first-order valence-corrected chi connectivity index (χ1v) is 9.09. The minimum Gasteiger partial charge on any atom is -0.618 e. The Bertz CT molecular complexity index is 773. The molecule has 8 nitrogen and oxygen atoms in total. The Morgan fingerprint density at radius 2 is 1.62 bits per heavy atom. The van der Waals surface area contributed by atoms with Crippen molar-refractivity contribution in [1.29, 1.82) is 0 Å². The smallest absolute Gasteiger partial charge is 0.276 e. The summed E-state index contributed by atoms with van der Waals surface area (Å²) < 4.78 is 0.826. The highest BCUT2D eigenvalue weighted by atomic mass is 16.6. The van der Waals surface area contributed by atoms with Crippen LogP contribution in [0.15, 0.2) is 18.2 Å². The van der Waals surface area contributed by atoms with Crippen LogP contribution in [0.4, 0.5) is 5.69 Å². The molecular formula is C18H27N5O3. The number of hydrogen-bond acceptors (Lipinski definition) is 6. The number of nitro groups is 1. The summed E-state index contributed by atoms with van der Waals surface area (Å²) >= 11 is 0. The topological polar surface area (TPSA) is 89.4 Å². The largest absolute Gasteiger partial charge is 0.618 e. The number of non-ortho nitro benzene ring substituents is 1. The molecule has 0 amide bonds. The highest BCUT2D eigenvalue weighted by Gasteiger charge is 2.23. The first-order valence-electron chi connectivity index (χ1n) is 9.09. The summed E-state index contributed by atoms with van der Waals surface area (Å²) in [6.45, 7) is 12.6. The highest BCUT2D eigenvalue weighted by Crippen LogP contribution is 2.20. The fourth-order valence-electron chi connectivity index (χ4n) is 2.96. The number of aromatic nitrogens is 2.